The second kappa shape index (κ2) is 9.64. The van der Waals surface area contributed by atoms with Gasteiger partial charge in [-0.25, -0.2) is 0 Å². The first-order chi connectivity index (χ1) is 12.4. The van der Waals surface area contributed by atoms with Crippen LogP contribution in [-0.2, 0) is 9.59 Å². The lowest BCUT2D eigenvalue weighted by atomic mass is 10.2. The average Bonchev–Trinajstić information content (AvgIpc) is 2.58. The van der Waals surface area contributed by atoms with E-state index in [1.807, 2.05) is 57.2 Å². The number of anilines is 2. The summed E-state index contributed by atoms with van der Waals surface area (Å²) in [6.07, 6.45) is 1.30. The van der Waals surface area contributed by atoms with Crippen LogP contribution < -0.4 is 10.6 Å². The van der Waals surface area contributed by atoms with E-state index in [0.717, 1.165) is 22.6 Å². The summed E-state index contributed by atoms with van der Waals surface area (Å²) in [7, 11) is 0. The smallest absolute Gasteiger partial charge is 0.237 e. The van der Waals surface area contributed by atoms with Gasteiger partial charge in [0.25, 0.3) is 0 Å². The fraction of sp³-hybridized carbons (Fsp3) is 0.300. The van der Waals surface area contributed by atoms with Gasteiger partial charge in [-0.3, -0.25) is 9.59 Å². The fourth-order valence-electron chi connectivity index (χ4n) is 2.27. The second-order valence-corrected chi connectivity index (χ2v) is 7.86. The van der Waals surface area contributed by atoms with Gasteiger partial charge in [0.15, 0.2) is 0 Å². The summed E-state index contributed by atoms with van der Waals surface area (Å²) in [5, 5.41) is 6.08. The molecule has 6 heteroatoms. The summed E-state index contributed by atoms with van der Waals surface area (Å²) >= 11 is 7.53. The van der Waals surface area contributed by atoms with Crippen LogP contribution in [0, 0.1) is 6.92 Å². The molecule has 0 spiro atoms. The predicted octanol–water partition coefficient (Wildman–Crippen LogP) is 5.51. The third-order valence-electron chi connectivity index (χ3n) is 3.72. The Hall–Kier alpha value is -1.98. The van der Waals surface area contributed by atoms with Crippen LogP contribution in [-0.4, -0.2) is 17.1 Å². The first-order valence-electron chi connectivity index (χ1n) is 8.52. The molecule has 1 unspecified atom stereocenters. The topological polar surface area (TPSA) is 58.2 Å². The van der Waals surface area contributed by atoms with E-state index in [1.54, 1.807) is 6.07 Å². The van der Waals surface area contributed by atoms with Crippen molar-refractivity contribution in [1.29, 1.82) is 0 Å². The number of hydrogen-bond donors (Lipinski definition) is 2. The van der Waals surface area contributed by atoms with E-state index in [-0.39, 0.29) is 17.1 Å². The number of halogens is 1. The number of aryl methyl sites for hydroxylation is 1. The predicted molar refractivity (Wildman–Crippen MR) is 110 cm³/mol. The Morgan fingerprint density at radius 1 is 1.12 bits per heavy atom. The maximum absolute atomic E-state index is 12.4. The van der Waals surface area contributed by atoms with Crippen molar-refractivity contribution < 1.29 is 9.59 Å². The van der Waals surface area contributed by atoms with E-state index in [4.69, 9.17) is 11.6 Å². The van der Waals surface area contributed by atoms with Gasteiger partial charge in [0.2, 0.25) is 11.8 Å². The van der Waals surface area contributed by atoms with E-state index < -0.39 is 0 Å². The van der Waals surface area contributed by atoms with Gasteiger partial charge in [0, 0.05) is 27.7 Å². The molecule has 0 heterocycles. The number of carbonyl (C=O) groups excluding carboxylic acids is 2. The van der Waals surface area contributed by atoms with Crippen LogP contribution in [0.5, 0.6) is 0 Å². The van der Waals surface area contributed by atoms with Crippen molar-refractivity contribution >= 4 is 46.6 Å². The summed E-state index contributed by atoms with van der Waals surface area (Å²) in [6.45, 7) is 5.73. The molecule has 2 amide bonds. The molecule has 0 aliphatic heterocycles. The lowest BCUT2D eigenvalue weighted by Gasteiger charge is -2.13. The zero-order valence-electron chi connectivity index (χ0n) is 15.1. The van der Waals surface area contributed by atoms with Crippen LogP contribution in [0.3, 0.4) is 0 Å². The van der Waals surface area contributed by atoms with Crippen LogP contribution in [0.25, 0.3) is 0 Å². The van der Waals surface area contributed by atoms with Gasteiger partial charge in [-0.2, -0.15) is 0 Å². The largest absolute Gasteiger partial charge is 0.326 e. The zero-order valence-corrected chi connectivity index (χ0v) is 16.7. The number of amides is 2. The van der Waals surface area contributed by atoms with Crippen LogP contribution in [0.4, 0.5) is 11.4 Å². The first-order valence-corrected chi connectivity index (χ1v) is 9.78. The van der Waals surface area contributed by atoms with E-state index in [9.17, 15) is 9.59 Å². The summed E-state index contributed by atoms with van der Waals surface area (Å²) in [6, 6.07) is 13.0. The summed E-state index contributed by atoms with van der Waals surface area (Å²) in [5.41, 5.74) is 2.39. The van der Waals surface area contributed by atoms with Crippen molar-refractivity contribution in [3.63, 3.8) is 0 Å². The number of hydrogen-bond acceptors (Lipinski definition) is 3. The van der Waals surface area contributed by atoms with Crippen molar-refractivity contribution in [2.75, 3.05) is 10.6 Å². The summed E-state index contributed by atoms with van der Waals surface area (Å²) < 4.78 is 0. The molecule has 2 aromatic carbocycles. The van der Waals surface area contributed by atoms with Crippen molar-refractivity contribution in [3.05, 3.63) is 53.1 Å². The summed E-state index contributed by atoms with van der Waals surface area (Å²) in [5.74, 6) is -0.105. The SMILES string of the molecule is CCCC(=O)Nc1cccc(SC(C)C(=O)Nc2ccc(C)c(Cl)c2)c1. The first kappa shape index (κ1) is 20.3. The lowest BCUT2D eigenvalue weighted by molar-refractivity contribution is -0.116. The number of rotatable bonds is 7. The fourth-order valence-corrected chi connectivity index (χ4v) is 3.38. The molecular weight excluding hydrogens is 368 g/mol. The van der Waals surface area contributed by atoms with Crippen molar-refractivity contribution in [3.8, 4) is 0 Å². The Bertz CT molecular complexity index is 795. The molecule has 2 N–H and O–H groups in total. The minimum absolute atomic E-state index is 0.00306. The molecule has 26 heavy (non-hydrogen) atoms. The molecule has 0 radical (unpaired) electrons. The van der Waals surface area contributed by atoms with Crippen molar-refractivity contribution in [2.24, 2.45) is 0 Å². The monoisotopic (exact) mass is 390 g/mol. The highest BCUT2D eigenvalue weighted by Crippen LogP contribution is 2.27. The quantitative estimate of drug-likeness (QED) is 0.613. The maximum Gasteiger partial charge on any atom is 0.237 e. The minimum atomic E-state index is -0.295. The molecule has 1 atom stereocenters. The van der Waals surface area contributed by atoms with Crippen LogP contribution in [0.1, 0.15) is 32.3 Å². The molecule has 0 saturated carbocycles. The zero-order chi connectivity index (χ0) is 19.1. The van der Waals surface area contributed by atoms with Crippen LogP contribution in [0.15, 0.2) is 47.4 Å². The van der Waals surface area contributed by atoms with Crippen LogP contribution >= 0.6 is 23.4 Å². The number of thioether (sulfide) groups is 1. The molecule has 2 aromatic rings. The number of benzene rings is 2. The second-order valence-electron chi connectivity index (χ2n) is 6.04. The highest BCUT2D eigenvalue weighted by Gasteiger charge is 2.15. The molecule has 0 saturated heterocycles. The Morgan fingerprint density at radius 2 is 1.85 bits per heavy atom. The number of nitrogens with one attached hydrogen (secondary N) is 2. The molecule has 2 rings (SSSR count). The Balaban J connectivity index is 1.97. The Morgan fingerprint density at radius 3 is 2.54 bits per heavy atom. The van der Waals surface area contributed by atoms with Gasteiger partial charge in [-0.15, -0.1) is 11.8 Å². The Kier molecular flexibility index (Phi) is 7.54. The van der Waals surface area contributed by atoms with E-state index in [1.165, 1.54) is 11.8 Å². The molecule has 0 aliphatic rings. The normalized spacial score (nSPS) is 11.7. The van der Waals surface area contributed by atoms with Gasteiger partial charge < -0.3 is 10.6 Å². The molecule has 138 valence electrons. The van der Waals surface area contributed by atoms with E-state index >= 15 is 0 Å². The van der Waals surface area contributed by atoms with Gasteiger partial charge in [0.05, 0.1) is 5.25 Å². The van der Waals surface area contributed by atoms with Gasteiger partial charge >= 0.3 is 0 Å². The highest BCUT2D eigenvalue weighted by atomic mass is 35.5. The van der Waals surface area contributed by atoms with Crippen LogP contribution in [0.2, 0.25) is 5.02 Å². The Labute approximate surface area is 163 Å². The maximum atomic E-state index is 12.4. The van der Waals surface area contributed by atoms with E-state index in [2.05, 4.69) is 10.6 Å². The summed E-state index contributed by atoms with van der Waals surface area (Å²) in [4.78, 5) is 25.1. The van der Waals surface area contributed by atoms with Gasteiger partial charge in [0.1, 0.15) is 0 Å². The molecule has 0 bridgehead atoms. The molecule has 0 fully saturated rings. The molecular formula is C20H23ClN2O2S. The molecule has 4 nitrogen and oxygen atoms in total. The highest BCUT2D eigenvalue weighted by molar-refractivity contribution is 8.00. The van der Waals surface area contributed by atoms with Gasteiger partial charge in [-0.05, 0) is 56.2 Å². The third kappa shape index (κ3) is 6.07. The van der Waals surface area contributed by atoms with Gasteiger partial charge in [-0.1, -0.05) is 30.7 Å². The standard InChI is InChI=1S/C20H23ClN2O2S/c1-4-6-19(24)22-15-7-5-8-17(11-15)26-14(3)20(25)23-16-10-9-13(2)18(21)12-16/h5,7-12,14H,4,6H2,1-3H3,(H,22,24)(H,23,25). The number of carbonyl (C=O) groups is 2. The van der Waals surface area contributed by atoms with E-state index in [0.29, 0.717) is 17.1 Å². The molecule has 0 aliphatic carbocycles. The average molecular weight is 391 g/mol. The minimum Gasteiger partial charge on any atom is -0.326 e. The van der Waals surface area contributed by atoms with Crippen molar-refractivity contribution in [2.45, 2.75) is 43.8 Å². The van der Waals surface area contributed by atoms with Crippen molar-refractivity contribution in [1.82, 2.24) is 0 Å². The lowest BCUT2D eigenvalue weighted by Crippen LogP contribution is -2.22. The molecule has 0 aromatic heterocycles. The third-order valence-corrected chi connectivity index (χ3v) is 5.22.